The fraction of sp³-hybridized carbons (Fsp3) is 0.357. The van der Waals surface area contributed by atoms with Gasteiger partial charge in [0.2, 0.25) is 0 Å². The van der Waals surface area contributed by atoms with Crippen molar-refractivity contribution in [1.82, 2.24) is 15.3 Å². The summed E-state index contributed by atoms with van der Waals surface area (Å²) in [6.07, 6.45) is -4.02. The first-order chi connectivity index (χ1) is 19.5. The molecular formula is C28H31F3N6O3S. The Bertz CT molecular complexity index is 1500. The molecule has 0 aliphatic carbocycles. The number of nitrogens with zero attached hydrogens (tertiary/aromatic N) is 3. The number of nitrogens with two attached hydrogens (primary N) is 2. The summed E-state index contributed by atoms with van der Waals surface area (Å²) in [5.74, 6) is 0.191. The highest BCUT2D eigenvalue weighted by Crippen LogP contribution is 2.44. The summed E-state index contributed by atoms with van der Waals surface area (Å²) in [5, 5.41) is 32.9. The van der Waals surface area contributed by atoms with Crippen molar-refractivity contribution in [3.63, 3.8) is 0 Å². The quantitative estimate of drug-likeness (QED) is 0.169. The topological polar surface area (TPSA) is 154 Å². The number of hydrogen-bond donors (Lipinski definition) is 6. The van der Waals surface area contributed by atoms with Crippen molar-refractivity contribution in [3.05, 3.63) is 70.4 Å². The molecule has 0 amide bonds. The zero-order valence-corrected chi connectivity index (χ0v) is 22.8. The monoisotopic (exact) mass is 588 g/mol. The fourth-order valence-corrected chi connectivity index (χ4v) is 6.05. The number of thiophene rings is 1. The van der Waals surface area contributed by atoms with E-state index in [0.717, 1.165) is 34.1 Å². The maximum Gasteiger partial charge on any atom is 0.417 e. The van der Waals surface area contributed by atoms with Crippen LogP contribution in [0, 0.1) is 0 Å². The molecule has 0 bridgehead atoms. The highest BCUT2D eigenvalue weighted by molar-refractivity contribution is 7.19. The van der Waals surface area contributed by atoms with Gasteiger partial charge in [-0.1, -0.05) is 24.3 Å². The van der Waals surface area contributed by atoms with Crippen molar-refractivity contribution in [3.8, 4) is 11.1 Å². The minimum absolute atomic E-state index is 0.0482. The van der Waals surface area contributed by atoms with Gasteiger partial charge in [-0.25, -0.2) is 4.98 Å². The summed E-state index contributed by atoms with van der Waals surface area (Å²) in [4.78, 5) is 10.8. The van der Waals surface area contributed by atoms with E-state index in [-0.39, 0.29) is 45.8 Å². The van der Waals surface area contributed by atoms with E-state index in [1.165, 1.54) is 0 Å². The number of aliphatic hydroxyl groups excluding tert-OH is 3. The van der Waals surface area contributed by atoms with E-state index in [1.807, 2.05) is 30.3 Å². The molecule has 13 heteroatoms. The Morgan fingerprint density at radius 1 is 1.10 bits per heavy atom. The minimum atomic E-state index is -4.66. The Morgan fingerprint density at radius 3 is 2.49 bits per heavy atom. The smallest absolute Gasteiger partial charge is 0.397 e. The van der Waals surface area contributed by atoms with Crippen LogP contribution in [-0.4, -0.2) is 51.0 Å². The summed E-state index contributed by atoms with van der Waals surface area (Å²) in [6, 6.07) is 12.2. The molecular weight excluding hydrogens is 557 g/mol. The van der Waals surface area contributed by atoms with Crippen molar-refractivity contribution in [2.24, 2.45) is 5.73 Å². The van der Waals surface area contributed by atoms with Gasteiger partial charge >= 0.3 is 6.18 Å². The molecule has 41 heavy (non-hydrogen) atoms. The van der Waals surface area contributed by atoms with Crippen LogP contribution in [0.2, 0.25) is 0 Å². The van der Waals surface area contributed by atoms with Crippen molar-refractivity contribution in [1.29, 1.82) is 0 Å². The molecule has 0 saturated carbocycles. The van der Waals surface area contributed by atoms with Gasteiger partial charge in [-0.2, -0.15) is 13.2 Å². The molecule has 1 fully saturated rings. The number of rotatable bonds is 8. The summed E-state index contributed by atoms with van der Waals surface area (Å²) in [7, 11) is 0. The van der Waals surface area contributed by atoms with E-state index in [4.69, 9.17) is 11.5 Å². The number of anilines is 2. The van der Waals surface area contributed by atoms with E-state index < -0.39 is 24.1 Å². The number of benzene rings is 1. The third kappa shape index (κ3) is 6.30. The van der Waals surface area contributed by atoms with E-state index in [1.54, 1.807) is 17.2 Å². The predicted molar refractivity (Wildman–Crippen MR) is 152 cm³/mol. The average molecular weight is 589 g/mol. The van der Waals surface area contributed by atoms with Gasteiger partial charge in [-0.3, -0.25) is 4.98 Å². The molecule has 8 N–H and O–H groups in total. The van der Waals surface area contributed by atoms with Crippen molar-refractivity contribution in [2.45, 2.75) is 44.0 Å². The lowest BCUT2D eigenvalue weighted by atomic mass is 10.0. The van der Waals surface area contributed by atoms with Crippen LogP contribution in [0.5, 0.6) is 0 Å². The van der Waals surface area contributed by atoms with Crippen LogP contribution in [-0.2, 0) is 12.8 Å². The molecule has 9 nitrogen and oxygen atoms in total. The lowest BCUT2D eigenvalue weighted by molar-refractivity contribution is -0.136. The standard InChI is InChI=1S/C28H31F3N6O3S/c29-28(30,31)19-11-22(36-27-23(19)24(32)25(41-27)26(33)40)37-8-6-18(7-9-37)34-13-21(39)20-5-4-17(12-35-20)16-3-1-2-15(10-16)14-38/h1-5,10-12,18,21,26,34,38-40H,6-9,13-14,32-33H2. The van der Waals surface area contributed by atoms with E-state index >= 15 is 0 Å². The van der Waals surface area contributed by atoms with Gasteiger partial charge in [0.15, 0.2) is 0 Å². The van der Waals surface area contributed by atoms with E-state index in [0.29, 0.717) is 31.6 Å². The first-order valence-corrected chi connectivity index (χ1v) is 13.9. The van der Waals surface area contributed by atoms with Crippen LogP contribution in [0.1, 0.15) is 46.9 Å². The number of halogens is 3. The van der Waals surface area contributed by atoms with Crippen molar-refractivity contribution in [2.75, 3.05) is 30.3 Å². The van der Waals surface area contributed by atoms with Gasteiger partial charge in [0.25, 0.3) is 0 Å². The molecule has 0 spiro atoms. The number of nitrogen functional groups attached to an aromatic ring is 1. The van der Waals surface area contributed by atoms with E-state index in [2.05, 4.69) is 15.3 Å². The van der Waals surface area contributed by atoms with Gasteiger partial charge in [0.05, 0.1) is 28.4 Å². The molecule has 3 aromatic heterocycles. The lowest BCUT2D eigenvalue weighted by Crippen LogP contribution is -2.44. The first-order valence-electron chi connectivity index (χ1n) is 13.1. The fourth-order valence-electron chi connectivity index (χ4n) is 5.05. The zero-order chi connectivity index (χ0) is 29.3. The number of aliphatic hydroxyl groups is 3. The molecule has 4 heterocycles. The Balaban J connectivity index is 1.21. The Kier molecular flexibility index (Phi) is 8.45. The van der Waals surface area contributed by atoms with Gasteiger partial charge in [-0.15, -0.1) is 11.3 Å². The molecule has 1 aliphatic rings. The molecule has 1 saturated heterocycles. The van der Waals surface area contributed by atoms with Gasteiger partial charge in [-0.05, 0) is 42.2 Å². The van der Waals surface area contributed by atoms with Crippen molar-refractivity contribution < 1.29 is 28.5 Å². The molecule has 1 aliphatic heterocycles. The van der Waals surface area contributed by atoms with Gasteiger partial charge < -0.3 is 37.0 Å². The molecule has 4 aromatic rings. The molecule has 5 rings (SSSR count). The Morgan fingerprint density at radius 2 is 1.85 bits per heavy atom. The maximum absolute atomic E-state index is 13.9. The molecule has 1 aromatic carbocycles. The summed E-state index contributed by atoms with van der Waals surface area (Å²) >= 11 is 0.857. The molecule has 2 unspecified atom stereocenters. The van der Waals surface area contributed by atoms with Crippen LogP contribution >= 0.6 is 11.3 Å². The number of hydrogen-bond acceptors (Lipinski definition) is 10. The number of alkyl halides is 3. The van der Waals surface area contributed by atoms with Gasteiger partial charge in [0, 0.05) is 42.8 Å². The maximum atomic E-state index is 13.9. The van der Waals surface area contributed by atoms with Crippen LogP contribution in [0.15, 0.2) is 48.7 Å². The third-order valence-electron chi connectivity index (χ3n) is 7.28. The molecule has 0 radical (unpaired) electrons. The number of aromatic nitrogens is 2. The largest absolute Gasteiger partial charge is 0.417 e. The predicted octanol–water partition coefficient (Wildman–Crippen LogP) is 3.69. The normalized spacial score (nSPS) is 16.3. The second-order valence-electron chi connectivity index (χ2n) is 10.0. The number of nitrogens with one attached hydrogen (secondary N) is 1. The average Bonchev–Trinajstić information content (AvgIpc) is 3.31. The highest BCUT2D eigenvalue weighted by atomic mass is 32.1. The first kappa shape index (κ1) is 29.2. The SMILES string of the molecule is Nc1c(C(N)O)sc2nc(N3CCC(NCC(O)c4ccc(-c5cccc(CO)c5)cn4)CC3)cc(C(F)(F)F)c12. The molecule has 218 valence electrons. The van der Waals surface area contributed by atoms with Crippen molar-refractivity contribution >= 4 is 33.1 Å². The van der Waals surface area contributed by atoms with E-state index in [9.17, 15) is 28.5 Å². The van der Waals surface area contributed by atoms with Crippen LogP contribution in [0.4, 0.5) is 24.7 Å². The second kappa shape index (κ2) is 11.9. The minimum Gasteiger partial charge on any atom is -0.397 e. The number of fused-ring (bicyclic) bond motifs is 1. The Hall–Kier alpha value is -3.33. The zero-order valence-electron chi connectivity index (χ0n) is 22.0. The summed E-state index contributed by atoms with van der Waals surface area (Å²) < 4.78 is 41.8. The summed E-state index contributed by atoms with van der Waals surface area (Å²) in [6.45, 7) is 1.17. The van der Waals surface area contributed by atoms with Gasteiger partial charge in [0.1, 0.15) is 23.0 Å². The Labute approximate surface area is 238 Å². The molecule has 2 atom stereocenters. The van der Waals surface area contributed by atoms with Crippen LogP contribution in [0.3, 0.4) is 0 Å². The van der Waals surface area contributed by atoms with Crippen LogP contribution in [0.25, 0.3) is 21.3 Å². The lowest BCUT2D eigenvalue weighted by Gasteiger charge is -2.34. The van der Waals surface area contributed by atoms with Crippen LogP contribution < -0.4 is 21.7 Å². The summed E-state index contributed by atoms with van der Waals surface area (Å²) in [5.41, 5.74) is 13.4. The number of piperidine rings is 1. The second-order valence-corrected chi connectivity index (χ2v) is 11.1. The number of pyridine rings is 2. The highest BCUT2D eigenvalue weighted by Gasteiger charge is 2.37. The third-order valence-corrected chi connectivity index (χ3v) is 8.45.